The van der Waals surface area contributed by atoms with E-state index in [1.165, 1.54) is 0 Å². The minimum atomic E-state index is -0.0938. The van der Waals surface area contributed by atoms with E-state index in [0.717, 1.165) is 30.6 Å². The lowest BCUT2D eigenvalue weighted by Gasteiger charge is -2.19. The smallest absolute Gasteiger partial charge is 0.251 e. The summed E-state index contributed by atoms with van der Waals surface area (Å²) in [6.07, 6.45) is 2.99. The summed E-state index contributed by atoms with van der Waals surface area (Å²) in [6, 6.07) is 5.53. The highest BCUT2D eigenvalue weighted by Crippen LogP contribution is 2.26. The fourth-order valence-electron chi connectivity index (χ4n) is 2.66. The van der Waals surface area contributed by atoms with Crippen molar-refractivity contribution < 1.29 is 14.6 Å². The van der Waals surface area contributed by atoms with Crippen LogP contribution < -0.4 is 10.1 Å². The lowest BCUT2D eigenvalue weighted by molar-refractivity contribution is 0.0915. The SMILES string of the molecule is COc1cc(C(=O)NC2CCCC2CO)ccc1C. The van der Waals surface area contributed by atoms with Gasteiger partial charge in [0.15, 0.2) is 0 Å². The third-order valence-electron chi connectivity index (χ3n) is 3.88. The number of rotatable bonds is 4. The van der Waals surface area contributed by atoms with Gasteiger partial charge in [-0.2, -0.15) is 0 Å². The molecule has 2 unspecified atom stereocenters. The van der Waals surface area contributed by atoms with Crippen LogP contribution in [0.1, 0.15) is 35.2 Å². The fourth-order valence-corrected chi connectivity index (χ4v) is 2.66. The van der Waals surface area contributed by atoms with Crippen molar-refractivity contribution in [2.75, 3.05) is 13.7 Å². The van der Waals surface area contributed by atoms with E-state index in [0.29, 0.717) is 5.56 Å². The number of ether oxygens (including phenoxy) is 1. The van der Waals surface area contributed by atoms with Crippen molar-refractivity contribution in [3.63, 3.8) is 0 Å². The van der Waals surface area contributed by atoms with Crippen LogP contribution in [0, 0.1) is 12.8 Å². The van der Waals surface area contributed by atoms with Gasteiger partial charge in [-0.15, -0.1) is 0 Å². The summed E-state index contributed by atoms with van der Waals surface area (Å²) in [5.41, 5.74) is 1.61. The molecule has 0 aromatic heterocycles. The van der Waals surface area contributed by atoms with Crippen LogP contribution in [0.25, 0.3) is 0 Å². The molecule has 1 saturated carbocycles. The van der Waals surface area contributed by atoms with Gasteiger partial charge in [0.25, 0.3) is 5.91 Å². The van der Waals surface area contributed by atoms with Crippen molar-refractivity contribution in [2.45, 2.75) is 32.2 Å². The van der Waals surface area contributed by atoms with Gasteiger partial charge in [0.1, 0.15) is 5.75 Å². The molecule has 4 nitrogen and oxygen atoms in total. The largest absolute Gasteiger partial charge is 0.496 e. The topological polar surface area (TPSA) is 58.6 Å². The second kappa shape index (κ2) is 6.06. The Hall–Kier alpha value is -1.55. The van der Waals surface area contributed by atoms with Gasteiger partial charge in [0, 0.05) is 24.1 Å². The molecule has 0 heterocycles. The predicted molar refractivity (Wildman–Crippen MR) is 73.4 cm³/mol. The van der Waals surface area contributed by atoms with Crippen LogP contribution in [0.3, 0.4) is 0 Å². The van der Waals surface area contributed by atoms with Crippen molar-refractivity contribution in [3.05, 3.63) is 29.3 Å². The maximum absolute atomic E-state index is 12.2. The summed E-state index contributed by atoms with van der Waals surface area (Å²) < 4.78 is 5.23. The van der Waals surface area contributed by atoms with Gasteiger partial charge in [-0.1, -0.05) is 12.5 Å². The van der Waals surface area contributed by atoms with Crippen LogP contribution in [0.5, 0.6) is 5.75 Å². The molecule has 104 valence electrons. The average Bonchev–Trinajstić information content (AvgIpc) is 2.86. The van der Waals surface area contributed by atoms with Gasteiger partial charge in [-0.25, -0.2) is 0 Å². The molecule has 19 heavy (non-hydrogen) atoms. The molecule has 1 fully saturated rings. The van der Waals surface area contributed by atoms with Crippen molar-refractivity contribution >= 4 is 5.91 Å². The highest BCUT2D eigenvalue weighted by atomic mass is 16.5. The van der Waals surface area contributed by atoms with Gasteiger partial charge in [0.2, 0.25) is 0 Å². The Labute approximate surface area is 113 Å². The summed E-state index contributed by atoms with van der Waals surface area (Å²) in [7, 11) is 1.60. The molecule has 1 aromatic carbocycles. The number of benzene rings is 1. The van der Waals surface area contributed by atoms with E-state index in [9.17, 15) is 9.90 Å². The Kier molecular flexibility index (Phi) is 4.43. The maximum Gasteiger partial charge on any atom is 0.251 e. The van der Waals surface area contributed by atoms with Crippen molar-refractivity contribution in [1.29, 1.82) is 0 Å². The first kappa shape index (κ1) is 13.9. The van der Waals surface area contributed by atoms with E-state index in [-0.39, 0.29) is 24.5 Å². The van der Waals surface area contributed by atoms with Gasteiger partial charge in [-0.05, 0) is 37.5 Å². The Morgan fingerprint density at radius 3 is 2.95 bits per heavy atom. The molecule has 1 aliphatic rings. The number of carbonyl (C=O) groups excluding carboxylic acids is 1. The second-order valence-electron chi connectivity index (χ2n) is 5.14. The van der Waals surface area contributed by atoms with E-state index in [4.69, 9.17) is 4.74 Å². The third kappa shape index (κ3) is 3.07. The van der Waals surface area contributed by atoms with Crippen LogP contribution in [-0.4, -0.2) is 30.8 Å². The maximum atomic E-state index is 12.2. The van der Waals surface area contributed by atoms with E-state index >= 15 is 0 Å². The Balaban J connectivity index is 2.07. The fraction of sp³-hybridized carbons (Fsp3) is 0.533. The molecule has 1 aliphatic carbocycles. The summed E-state index contributed by atoms with van der Waals surface area (Å²) in [4.78, 5) is 12.2. The molecule has 0 bridgehead atoms. The van der Waals surface area contributed by atoms with E-state index in [1.54, 1.807) is 19.2 Å². The molecule has 0 saturated heterocycles. The summed E-state index contributed by atoms with van der Waals surface area (Å²) >= 11 is 0. The van der Waals surface area contributed by atoms with Gasteiger partial charge in [-0.3, -0.25) is 4.79 Å². The summed E-state index contributed by atoms with van der Waals surface area (Å²) in [5, 5.41) is 12.3. The van der Waals surface area contributed by atoms with Crippen LogP contribution >= 0.6 is 0 Å². The number of aryl methyl sites for hydroxylation is 1. The molecular weight excluding hydrogens is 242 g/mol. The molecular formula is C15H21NO3. The first-order valence-electron chi connectivity index (χ1n) is 6.72. The molecule has 4 heteroatoms. The first-order chi connectivity index (χ1) is 9.15. The van der Waals surface area contributed by atoms with Gasteiger partial charge < -0.3 is 15.2 Å². The van der Waals surface area contributed by atoms with E-state index in [1.807, 2.05) is 13.0 Å². The van der Waals surface area contributed by atoms with Gasteiger partial charge >= 0.3 is 0 Å². The standard InChI is InChI=1S/C15H21NO3/c1-10-6-7-11(8-14(10)19-2)15(18)16-13-5-3-4-12(13)9-17/h6-8,12-13,17H,3-5,9H2,1-2H3,(H,16,18). The molecule has 1 aromatic rings. The summed E-state index contributed by atoms with van der Waals surface area (Å²) in [6.45, 7) is 2.08. The summed E-state index contributed by atoms with van der Waals surface area (Å²) in [5.74, 6) is 0.817. The number of aliphatic hydroxyl groups is 1. The molecule has 2 rings (SSSR count). The molecule has 0 spiro atoms. The lowest BCUT2D eigenvalue weighted by atomic mass is 10.0. The van der Waals surface area contributed by atoms with Crippen LogP contribution in [-0.2, 0) is 0 Å². The van der Waals surface area contributed by atoms with Crippen molar-refractivity contribution in [1.82, 2.24) is 5.32 Å². The van der Waals surface area contributed by atoms with Crippen LogP contribution in [0.4, 0.5) is 0 Å². The zero-order valence-electron chi connectivity index (χ0n) is 11.5. The number of hydrogen-bond donors (Lipinski definition) is 2. The van der Waals surface area contributed by atoms with Gasteiger partial charge in [0.05, 0.1) is 7.11 Å². The molecule has 0 radical (unpaired) electrons. The Bertz CT molecular complexity index is 459. The van der Waals surface area contributed by atoms with Crippen LogP contribution in [0.2, 0.25) is 0 Å². The van der Waals surface area contributed by atoms with Crippen molar-refractivity contribution in [3.8, 4) is 5.75 Å². The number of methoxy groups -OCH3 is 1. The lowest BCUT2D eigenvalue weighted by Crippen LogP contribution is -2.38. The highest BCUT2D eigenvalue weighted by molar-refractivity contribution is 5.95. The number of carbonyl (C=O) groups is 1. The second-order valence-corrected chi connectivity index (χ2v) is 5.14. The number of aliphatic hydroxyl groups excluding tert-OH is 1. The first-order valence-corrected chi connectivity index (χ1v) is 6.72. The third-order valence-corrected chi connectivity index (χ3v) is 3.88. The normalized spacial score (nSPS) is 22.3. The molecule has 0 aliphatic heterocycles. The number of nitrogens with one attached hydrogen (secondary N) is 1. The number of amides is 1. The molecule has 2 N–H and O–H groups in total. The minimum absolute atomic E-state index is 0.0878. The Morgan fingerprint density at radius 1 is 1.47 bits per heavy atom. The van der Waals surface area contributed by atoms with E-state index < -0.39 is 0 Å². The predicted octanol–water partition coefficient (Wildman–Crippen LogP) is 1.89. The average molecular weight is 263 g/mol. The zero-order valence-corrected chi connectivity index (χ0v) is 11.5. The van der Waals surface area contributed by atoms with Crippen molar-refractivity contribution in [2.24, 2.45) is 5.92 Å². The molecule has 2 atom stereocenters. The monoisotopic (exact) mass is 263 g/mol. The molecule has 1 amide bonds. The van der Waals surface area contributed by atoms with Crippen LogP contribution in [0.15, 0.2) is 18.2 Å². The van der Waals surface area contributed by atoms with E-state index in [2.05, 4.69) is 5.32 Å². The number of hydrogen-bond acceptors (Lipinski definition) is 3. The Morgan fingerprint density at radius 2 is 2.26 bits per heavy atom. The quantitative estimate of drug-likeness (QED) is 0.872. The zero-order chi connectivity index (χ0) is 13.8. The highest BCUT2D eigenvalue weighted by Gasteiger charge is 2.28. The minimum Gasteiger partial charge on any atom is -0.496 e.